The van der Waals surface area contributed by atoms with E-state index in [1.807, 2.05) is 0 Å². The predicted molar refractivity (Wildman–Crippen MR) is 82.2 cm³/mol. The van der Waals surface area contributed by atoms with Crippen LogP contribution in [0.1, 0.15) is 44.6 Å². The molecule has 0 radical (unpaired) electrons. The molecule has 0 saturated heterocycles. The van der Waals surface area contributed by atoms with Crippen LogP contribution in [0.25, 0.3) is 0 Å². The maximum atomic E-state index is 6.32. The third kappa shape index (κ3) is 4.63. The topological polar surface area (TPSA) is 29.3 Å². The van der Waals surface area contributed by atoms with Crippen molar-refractivity contribution in [2.75, 3.05) is 13.1 Å². The van der Waals surface area contributed by atoms with E-state index in [1.165, 1.54) is 31.2 Å². The van der Waals surface area contributed by atoms with Crippen molar-refractivity contribution < 1.29 is 0 Å². The molecule has 1 aromatic rings. The molecule has 1 aliphatic rings. The maximum absolute atomic E-state index is 6.32. The van der Waals surface area contributed by atoms with Gasteiger partial charge in [0.15, 0.2) is 0 Å². The first-order chi connectivity index (χ1) is 9.29. The molecule has 0 amide bonds. The van der Waals surface area contributed by atoms with Gasteiger partial charge in [-0.25, -0.2) is 0 Å². The lowest BCUT2D eigenvalue weighted by Gasteiger charge is -2.30. The number of likely N-dealkylation sites (N-methyl/N-ethyl adjacent to an activating group) is 1. The molecule has 1 unspecified atom stereocenters. The van der Waals surface area contributed by atoms with E-state index in [0.29, 0.717) is 6.04 Å². The van der Waals surface area contributed by atoms with Gasteiger partial charge in [0.2, 0.25) is 0 Å². The second kappa shape index (κ2) is 7.66. The summed E-state index contributed by atoms with van der Waals surface area (Å²) in [5.41, 5.74) is 7.73. The molecule has 0 aliphatic heterocycles. The van der Waals surface area contributed by atoms with Crippen molar-refractivity contribution in [2.24, 2.45) is 5.73 Å². The molecular formula is C17H28N2. The molecule has 0 spiro atoms. The number of nitrogens with zero attached hydrogens (tertiary/aromatic N) is 1. The number of hydrogen-bond acceptors (Lipinski definition) is 2. The second-order valence-corrected chi connectivity index (χ2v) is 5.81. The van der Waals surface area contributed by atoms with E-state index in [2.05, 4.69) is 42.2 Å². The van der Waals surface area contributed by atoms with Gasteiger partial charge in [0.1, 0.15) is 0 Å². The Bertz CT molecular complexity index is 344. The smallest absolute Gasteiger partial charge is 0.0171 e. The standard InChI is InChI=1S/C17H28N2/c1-2-19(17-10-6-7-11-17)14-16(18)13-12-15-8-4-3-5-9-15/h3-5,8-9,16-17H,2,6-7,10-14,18H2,1H3. The molecule has 1 atom stereocenters. The fraction of sp³-hybridized carbons (Fsp3) is 0.647. The van der Waals surface area contributed by atoms with Crippen LogP contribution in [-0.2, 0) is 6.42 Å². The summed E-state index contributed by atoms with van der Waals surface area (Å²) < 4.78 is 0. The Balaban J connectivity index is 1.74. The monoisotopic (exact) mass is 260 g/mol. The Kier molecular flexibility index (Phi) is 5.87. The molecule has 1 saturated carbocycles. The third-order valence-corrected chi connectivity index (χ3v) is 4.36. The van der Waals surface area contributed by atoms with Crippen LogP contribution in [0.2, 0.25) is 0 Å². The predicted octanol–water partition coefficient (Wildman–Crippen LogP) is 3.21. The minimum absolute atomic E-state index is 0.306. The molecule has 2 heteroatoms. The van der Waals surface area contributed by atoms with Gasteiger partial charge in [0.05, 0.1) is 0 Å². The molecule has 1 aliphatic carbocycles. The highest BCUT2D eigenvalue weighted by Crippen LogP contribution is 2.23. The summed E-state index contributed by atoms with van der Waals surface area (Å²) in [6.45, 7) is 4.47. The SMILES string of the molecule is CCN(CC(N)CCc1ccccc1)C1CCCC1. The van der Waals surface area contributed by atoms with Crippen molar-refractivity contribution in [2.45, 2.75) is 57.5 Å². The first-order valence-corrected chi connectivity index (χ1v) is 7.83. The van der Waals surface area contributed by atoms with Crippen LogP contribution in [-0.4, -0.2) is 30.1 Å². The maximum Gasteiger partial charge on any atom is 0.0171 e. The number of rotatable bonds is 7. The molecule has 1 fully saturated rings. The largest absolute Gasteiger partial charge is 0.327 e. The van der Waals surface area contributed by atoms with E-state index in [4.69, 9.17) is 5.73 Å². The number of nitrogens with two attached hydrogens (primary N) is 1. The Morgan fingerprint density at radius 1 is 1.21 bits per heavy atom. The number of hydrogen-bond donors (Lipinski definition) is 1. The van der Waals surface area contributed by atoms with Crippen LogP contribution >= 0.6 is 0 Å². The lowest BCUT2D eigenvalue weighted by Crippen LogP contribution is -2.42. The Hall–Kier alpha value is -0.860. The summed E-state index contributed by atoms with van der Waals surface area (Å²) in [5, 5.41) is 0. The minimum atomic E-state index is 0.306. The van der Waals surface area contributed by atoms with E-state index >= 15 is 0 Å². The normalized spacial score (nSPS) is 18.1. The van der Waals surface area contributed by atoms with Crippen molar-refractivity contribution in [3.63, 3.8) is 0 Å². The molecule has 0 aromatic heterocycles. The molecule has 2 N–H and O–H groups in total. The lowest BCUT2D eigenvalue weighted by molar-refractivity contribution is 0.194. The summed E-state index contributed by atoms with van der Waals surface area (Å²) in [6, 6.07) is 11.8. The molecule has 1 aromatic carbocycles. The first-order valence-electron chi connectivity index (χ1n) is 7.83. The van der Waals surface area contributed by atoms with Crippen LogP contribution in [0.15, 0.2) is 30.3 Å². The third-order valence-electron chi connectivity index (χ3n) is 4.36. The van der Waals surface area contributed by atoms with Gasteiger partial charge in [-0.3, -0.25) is 4.90 Å². The summed E-state index contributed by atoms with van der Waals surface area (Å²) in [4.78, 5) is 2.60. The van der Waals surface area contributed by atoms with Crippen molar-refractivity contribution in [1.29, 1.82) is 0 Å². The van der Waals surface area contributed by atoms with Gasteiger partial charge in [-0.1, -0.05) is 50.1 Å². The van der Waals surface area contributed by atoms with Gasteiger partial charge in [0.25, 0.3) is 0 Å². The van der Waals surface area contributed by atoms with Gasteiger partial charge >= 0.3 is 0 Å². The average Bonchev–Trinajstić information content (AvgIpc) is 2.97. The summed E-state index contributed by atoms with van der Waals surface area (Å²) in [7, 11) is 0. The quantitative estimate of drug-likeness (QED) is 0.815. The van der Waals surface area contributed by atoms with Gasteiger partial charge in [-0.15, -0.1) is 0 Å². The zero-order valence-electron chi connectivity index (χ0n) is 12.2. The molecule has 106 valence electrons. The summed E-state index contributed by atoms with van der Waals surface area (Å²) >= 11 is 0. The van der Waals surface area contributed by atoms with E-state index in [0.717, 1.165) is 32.0 Å². The molecule has 2 rings (SSSR count). The lowest BCUT2D eigenvalue weighted by atomic mass is 10.0. The highest BCUT2D eigenvalue weighted by molar-refractivity contribution is 5.14. The molecule has 0 bridgehead atoms. The summed E-state index contributed by atoms with van der Waals surface area (Å²) in [6.07, 6.45) is 7.75. The van der Waals surface area contributed by atoms with E-state index in [9.17, 15) is 0 Å². The van der Waals surface area contributed by atoms with Crippen LogP contribution in [0.4, 0.5) is 0 Å². The molecular weight excluding hydrogens is 232 g/mol. The van der Waals surface area contributed by atoms with Crippen molar-refractivity contribution in [3.8, 4) is 0 Å². The number of benzene rings is 1. The number of aryl methyl sites for hydroxylation is 1. The van der Waals surface area contributed by atoms with Crippen LogP contribution in [0.5, 0.6) is 0 Å². The molecule has 19 heavy (non-hydrogen) atoms. The average molecular weight is 260 g/mol. The zero-order chi connectivity index (χ0) is 13.5. The van der Waals surface area contributed by atoms with Gasteiger partial charge in [-0.2, -0.15) is 0 Å². The van der Waals surface area contributed by atoms with Crippen molar-refractivity contribution in [3.05, 3.63) is 35.9 Å². The fourth-order valence-corrected chi connectivity index (χ4v) is 3.20. The fourth-order valence-electron chi connectivity index (χ4n) is 3.20. The zero-order valence-corrected chi connectivity index (χ0v) is 12.2. The van der Waals surface area contributed by atoms with Crippen LogP contribution < -0.4 is 5.73 Å². The first kappa shape index (κ1) is 14.5. The van der Waals surface area contributed by atoms with Gasteiger partial charge < -0.3 is 5.73 Å². The highest BCUT2D eigenvalue weighted by atomic mass is 15.2. The van der Waals surface area contributed by atoms with Crippen LogP contribution in [0.3, 0.4) is 0 Å². The van der Waals surface area contributed by atoms with E-state index in [-0.39, 0.29) is 0 Å². The highest BCUT2D eigenvalue weighted by Gasteiger charge is 2.22. The Morgan fingerprint density at radius 2 is 1.89 bits per heavy atom. The van der Waals surface area contributed by atoms with Crippen molar-refractivity contribution in [1.82, 2.24) is 4.90 Å². The molecule has 0 heterocycles. The second-order valence-electron chi connectivity index (χ2n) is 5.81. The molecule has 2 nitrogen and oxygen atoms in total. The van der Waals surface area contributed by atoms with Gasteiger partial charge in [-0.05, 0) is 37.8 Å². The van der Waals surface area contributed by atoms with E-state index < -0.39 is 0 Å². The summed E-state index contributed by atoms with van der Waals surface area (Å²) in [5.74, 6) is 0. The van der Waals surface area contributed by atoms with Gasteiger partial charge in [0, 0.05) is 18.6 Å². The minimum Gasteiger partial charge on any atom is -0.327 e. The Labute approximate surface area is 118 Å². The van der Waals surface area contributed by atoms with Crippen molar-refractivity contribution >= 4 is 0 Å². The Morgan fingerprint density at radius 3 is 2.53 bits per heavy atom. The van der Waals surface area contributed by atoms with E-state index in [1.54, 1.807) is 0 Å². The van der Waals surface area contributed by atoms with Crippen LogP contribution in [0, 0.1) is 0 Å².